The van der Waals surface area contributed by atoms with Gasteiger partial charge in [-0.3, -0.25) is 4.79 Å². The Bertz CT molecular complexity index is 1280. The molecule has 0 saturated heterocycles. The Morgan fingerprint density at radius 1 is 0.806 bits per heavy atom. The van der Waals surface area contributed by atoms with Crippen molar-refractivity contribution in [1.29, 1.82) is 0 Å². The Hall–Kier alpha value is -3.65. The quantitative estimate of drug-likeness (QED) is 0.354. The molecule has 0 saturated carbocycles. The fraction of sp³-hybridized carbons (Fsp3) is 0.138. The number of carbonyl (C=O) groups excluding carboxylic acids is 1. The Balaban J connectivity index is 1.55. The Labute approximate surface area is 183 Å². The van der Waals surface area contributed by atoms with Crippen molar-refractivity contribution in [2.75, 3.05) is 6.54 Å². The van der Waals surface area contributed by atoms with Crippen LogP contribution in [0.3, 0.4) is 0 Å². The van der Waals surface area contributed by atoms with E-state index in [1.54, 1.807) is 0 Å². The van der Waals surface area contributed by atoms with E-state index < -0.39 is 0 Å². The first-order valence-electron chi connectivity index (χ1n) is 10.8. The van der Waals surface area contributed by atoms with Crippen LogP contribution in [0.5, 0.6) is 0 Å². The van der Waals surface area contributed by atoms with E-state index in [9.17, 15) is 4.79 Å². The van der Waals surface area contributed by atoms with Gasteiger partial charge in [-0.15, -0.1) is 0 Å². The van der Waals surface area contributed by atoms with E-state index in [0.717, 1.165) is 29.3 Å². The van der Waals surface area contributed by atoms with E-state index >= 15 is 0 Å². The minimum absolute atomic E-state index is 0.0996. The second-order valence-electron chi connectivity index (χ2n) is 8.27. The molecule has 2 heteroatoms. The Morgan fingerprint density at radius 3 is 2.45 bits per heavy atom. The lowest BCUT2D eigenvalue weighted by Gasteiger charge is -2.27. The third-order valence-electron chi connectivity index (χ3n) is 6.10. The van der Waals surface area contributed by atoms with Crippen LogP contribution in [-0.4, -0.2) is 17.4 Å². The second-order valence-corrected chi connectivity index (χ2v) is 8.27. The number of benzene rings is 4. The van der Waals surface area contributed by atoms with Crippen molar-refractivity contribution in [1.82, 2.24) is 4.90 Å². The summed E-state index contributed by atoms with van der Waals surface area (Å²) in [5, 5.41) is 2.12. The average Bonchev–Trinajstić information content (AvgIpc) is 2.81. The first-order valence-corrected chi connectivity index (χ1v) is 10.8. The summed E-state index contributed by atoms with van der Waals surface area (Å²) in [5.41, 5.74) is 6.84. The third kappa shape index (κ3) is 3.89. The highest BCUT2D eigenvalue weighted by atomic mass is 16.2. The number of nitrogens with zero attached hydrogens (tertiary/aromatic N) is 1. The molecule has 1 amide bonds. The van der Waals surface area contributed by atoms with Crippen LogP contribution in [0.1, 0.15) is 34.8 Å². The van der Waals surface area contributed by atoms with Crippen LogP contribution in [0.4, 0.5) is 0 Å². The summed E-state index contributed by atoms with van der Waals surface area (Å²) in [6.07, 6.45) is 3.15. The maximum Gasteiger partial charge on any atom is 0.254 e. The lowest BCUT2D eigenvalue weighted by Crippen LogP contribution is -2.32. The van der Waals surface area contributed by atoms with E-state index in [0.29, 0.717) is 6.54 Å². The van der Waals surface area contributed by atoms with Crippen LogP contribution in [-0.2, 0) is 6.54 Å². The van der Waals surface area contributed by atoms with Gasteiger partial charge in [-0.2, -0.15) is 0 Å². The van der Waals surface area contributed by atoms with Crippen molar-refractivity contribution in [3.63, 3.8) is 0 Å². The summed E-state index contributed by atoms with van der Waals surface area (Å²) in [5.74, 6) is 0.0996. The largest absolute Gasteiger partial charge is 0.334 e. The Morgan fingerprint density at radius 2 is 1.58 bits per heavy atom. The SMILES string of the molecule is C/C1=C\c2ccc(-c3ccccc3)cc2CN(C(=O)c2cccc3ccccc23)CC1. The van der Waals surface area contributed by atoms with Crippen molar-refractivity contribution in [2.45, 2.75) is 19.9 Å². The summed E-state index contributed by atoms with van der Waals surface area (Å²) in [6, 6.07) is 31.1. The van der Waals surface area contributed by atoms with Crippen LogP contribution in [0.25, 0.3) is 28.0 Å². The molecule has 5 rings (SSSR count). The first kappa shape index (κ1) is 19.3. The normalized spacial score (nSPS) is 15.5. The summed E-state index contributed by atoms with van der Waals surface area (Å²) >= 11 is 0. The van der Waals surface area contributed by atoms with Crippen LogP contribution < -0.4 is 0 Å². The van der Waals surface area contributed by atoms with Gasteiger partial charge in [-0.1, -0.05) is 90.5 Å². The molecule has 31 heavy (non-hydrogen) atoms. The molecule has 0 fully saturated rings. The average molecular weight is 404 g/mol. The van der Waals surface area contributed by atoms with Gasteiger partial charge in [0, 0.05) is 18.7 Å². The zero-order valence-corrected chi connectivity index (χ0v) is 17.7. The standard InChI is InChI=1S/C29H25NO/c1-21-16-17-30(29(31)28-13-7-11-23-10-5-6-12-27(23)28)20-26-19-25(15-14-24(26)18-21)22-8-3-2-4-9-22/h2-15,18-19H,16-17,20H2,1H3/b21-18+. The van der Waals surface area contributed by atoms with E-state index in [4.69, 9.17) is 0 Å². The molecule has 4 aromatic carbocycles. The maximum atomic E-state index is 13.7. The number of hydrogen-bond donors (Lipinski definition) is 0. The van der Waals surface area contributed by atoms with Gasteiger partial charge in [0.15, 0.2) is 0 Å². The van der Waals surface area contributed by atoms with Crippen LogP contribution in [0.15, 0.2) is 96.6 Å². The van der Waals surface area contributed by atoms with Crippen molar-refractivity contribution >= 4 is 22.8 Å². The summed E-state index contributed by atoms with van der Waals surface area (Å²) < 4.78 is 0. The highest BCUT2D eigenvalue weighted by molar-refractivity contribution is 6.07. The molecule has 0 aliphatic carbocycles. The predicted molar refractivity (Wildman–Crippen MR) is 129 cm³/mol. The highest BCUT2D eigenvalue weighted by Gasteiger charge is 2.21. The molecule has 2 nitrogen and oxygen atoms in total. The van der Waals surface area contributed by atoms with Crippen LogP contribution >= 0.6 is 0 Å². The van der Waals surface area contributed by atoms with Gasteiger partial charge in [0.2, 0.25) is 0 Å². The van der Waals surface area contributed by atoms with Gasteiger partial charge >= 0.3 is 0 Å². The lowest BCUT2D eigenvalue weighted by molar-refractivity contribution is 0.0746. The maximum absolute atomic E-state index is 13.7. The molecule has 0 bridgehead atoms. The van der Waals surface area contributed by atoms with Crippen molar-refractivity contribution in [3.8, 4) is 11.1 Å². The second kappa shape index (κ2) is 8.23. The molecular weight excluding hydrogens is 378 g/mol. The zero-order chi connectivity index (χ0) is 21.2. The van der Waals surface area contributed by atoms with Gasteiger partial charge in [-0.25, -0.2) is 0 Å². The molecular formula is C29H25NO. The number of fused-ring (bicyclic) bond motifs is 2. The minimum Gasteiger partial charge on any atom is -0.334 e. The van der Waals surface area contributed by atoms with E-state index in [1.165, 1.54) is 27.8 Å². The lowest BCUT2D eigenvalue weighted by atomic mass is 9.95. The predicted octanol–water partition coefficient (Wildman–Crippen LogP) is 6.96. The van der Waals surface area contributed by atoms with E-state index in [-0.39, 0.29) is 5.91 Å². The fourth-order valence-electron chi connectivity index (χ4n) is 4.38. The summed E-state index contributed by atoms with van der Waals surface area (Å²) in [7, 11) is 0. The van der Waals surface area contributed by atoms with Crippen molar-refractivity contribution in [3.05, 3.63) is 113 Å². The number of carbonyl (C=O) groups is 1. The molecule has 1 heterocycles. The fourth-order valence-corrected chi connectivity index (χ4v) is 4.38. The van der Waals surface area contributed by atoms with Crippen LogP contribution in [0.2, 0.25) is 0 Å². The third-order valence-corrected chi connectivity index (χ3v) is 6.10. The molecule has 0 spiro atoms. The molecule has 4 aromatic rings. The minimum atomic E-state index is 0.0996. The topological polar surface area (TPSA) is 20.3 Å². The van der Waals surface area contributed by atoms with Gasteiger partial charge in [-0.05, 0) is 58.5 Å². The van der Waals surface area contributed by atoms with Crippen LogP contribution in [0, 0.1) is 0 Å². The number of amides is 1. The van der Waals surface area contributed by atoms with Gasteiger partial charge in [0.25, 0.3) is 5.91 Å². The van der Waals surface area contributed by atoms with E-state index in [1.807, 2.05) is 41.3 Å². The van der Waals surface area contributed by atoms with Gasteiger partial charge < -0.3 is 4.90 Å². The van der Waals surface area contributed by atoms with Gasteiger partial charge in [0.1, 0.15) is 0 Å². The van der Waals surface area contributed by atoms with E-state index in [2.05, 4.69) is 67.6 Å². The Kier molecular flexibility index (Phi) is 5.13. The zero-order valence-electron chi connectivity index (χ0n) is 17.7. The highest BCUT2D eigenvalue weighted by Crippen LogP contribution is 2.28. The van der Waals surface area contributed by atoms with Gasteiger partial charge in [0.05, 0.1) is 0 Å². The van der Waals surface area contributed by atoms with Crippen molar-refractivity contribution < 1.29 is 4.79 Å². The van der Waals surface area contributed by atoms with Crippen molar-refractivity contribution in [2.24, 2.45) is 0 Å². The number of rotatable bonds is 2. The molecule has 0 N–H and O–H groups in total. The summed E-state index contributed by atoms with van der Waals surface area (Å²) in [6.45, 7) is 3.49. The molecule has 0 aromatic heterocycles. The summed E-state index contributed by atoms with van der Waals surface area (Å²) in [4.78, 5) is 15.7. The molecule has 0 radical (unpaired) electrons. The molecule has 152 valence electrons. The monoisotopic (exact) mass is 403 g/mol. The smallest absolute Gasteiger partial charge is 0.254 e. The molecule has 0 atom stereocenters. The first-order chi connectivity index (χ1) is 15.2. The molecule has 1 aliphatic rings. The molecule has 1 aliphatic heterocycles. The number of hydrogen-bond acceptors (Lipinski definition) is 1. The molecule has 0 unspecified atom stereocenters.